The molecule has 0 N–H and O–H groups in total. The zero-order valence-corrected chi connectivity index (χ0v) is 13.7. The molecule has 0 aliphatic heterocycles. The van der Waals surface area contributed by atoms with Gasteiger partial charge in [-0.2, -0.15) is 0 Å². The second-order valence-electron chi connectivity index (χ2n) is 6.15. The third-order valence-electron chi connectivity index (χ3n) is 3.82. The van der Waals surface area contributed by atoms with Crippen LogP contribution in [0.15, 0.2) is 42.5 Å². The van der Waals surface area contributed by atoms with Crippen LogP contribution in [0.25, 0.3) is 11.1 Å². The molecule has 2 aromatic rings. The molecule has 2 heteroatoms. The molecular formula is C16H17SiTi. The third kappa shape index (κ3) is 1.77. The average Bonchev–Trinajstić information content (AvgIpc) is 2.65. The summed E-state index contributed by atoms with van der Waals surface area (Å²) in [5.41, 5.74) is 6.74. The van der Waals surface area contributed by atoms with Gasteiger partial charge in [-0.3, -0.25) is 0 Å². The van der Waals surface area contributed by atoms with Gasteiger partial charge in [0.2, 0.25) is 0 Å². The van der Waals surface area contributed by atoms with Gasteiger partial charge in [-0.25, -0.2) is 0 Å². The maximum absolute atomic E-state index is 2.48. The molecule has 0 aromatic heterocycles. The van der Waals surface area contributed by atoms with Crippen molar-refractivity contribution in [3.05, 3.63) is 53.6 Å². The molecule has 18 heavy (non-hydrogen) atoms. The van der Waals surface area contributed by atoms with Crippen LogP contribution in [0.2, 0.25) is 19.6 Å². The van der Waals surface area contributed by atoms with E-state index in [1.807, 2.05) is 0 Å². The molecule has 0 spiro atoms. The fourth-order valence-electron chi connectivity index (χ4n) is 3.16. The van der Waals surface area contributed by atoms with Gasteiger partial charge in [-0.05, 0) is 0 Å². The molecule has 1 unspecified atom stereocenters. The predicted molar refractivity (Wildman–Crippen MR) is 76.7 cm³/mol. The molecule has 0 radical (unpaired) electrons. The number of hydrogen-bond donors (Lipinski definition) is 0. The zero-order chi connectivity index (χ0) is 12.9. The first kappa shape index (κ1) is 12.4. The van der Waals surface area contributed by atoms with Crippen molar-refractivity contribution in [2.75, 3.05) is 0 Å². The zero-order valence-electron chi connectivity index (χ0n) is 11.1. The van der Waals surface area contributed by atoms with E-state index in [0.717, 1.165) is 0 Å². The van der Waals surface area contributed by atoms with E-state index >= 15 is 0 Å². The van der Waals surface area contributed by atoms with Crippen LogP contribution in [0.4, 0.5) is 0 Å². The second kappa shape index (κ2) is 4.19. The summed E-state index contributed by atoms with van der Waals surface area (Å²) in [6, 6.07) is 15.7. The van der Waals surface area contributed by atoms with Gasteiger partial charge in [-0.15, -0.1) is 0 Å². The summed E-state index contributed by atoms with van der Waals surface area (Å²) in [5, 5.41) is 0. The molecule has 0 amide bonds. The van der Waals surface area contributed by atoms with Gasteiger partial charge in [0.1, 0.15) is 0 Å². The molecule has 0 nitrogen and oxygen atoms in total. The van der Waals surface area contributed by atoms with Crippen LogP contribution in [0, 0.1) is 0 Å². The molecule has 3 rings (SSSR count). The fourth-order valence-corrected chi connectivity index (χ4v) is 6.33. The van der Waals surface area contributed by atoms with Crippen molar-refractivity contribution in [3.63, 3.8) is 0 Å². The van der Waals surface area contributed by atoms with E-state index in [4.69, 9.17) is 0 Å². The van der Waals surface area contributed by atoms with E-state index < -0.39 is 8.07 Å². The Morgan fingerprint density at radius 2 is 1.56 bits per heavy atom. The van der Waals surface area contributed by atoms with Crippen molar-refractivity contribution in [2.24, 2.45) is 0 Å². The first-order valence-corrected chi connectivity index (χ1v) is 10.8. The van der Waals surface area contributed by atoms with E-state index in [2.05, 4.69) is 82.5 Å². The number of benzene rings is 2. The Balaban J connectivity index is 2.36. The first-order valence-electron chi connectivity index (χ1n) is 6.44. The van der Waals surface area contributed by atoms with Crippen molar-refractivity contribution in [3.8, 4) is 11.1 Å². The normalized spacial score (nSPS) is 17.3. The Bertz CT molecular complexity index is 611. The van der Waals surface area contributed by atoms with Gasteiger partial charge in [0, 0.05) is 0 Å². The van der Waals surface area contributed by atoms with E-state index in [0.29, 0.717) is 5.54 Å². The van der Waals surface area contributed by atoms with E-state index in [1.54, 1.807) is 11.1 Å². The van der Waals surface area contributed by atoms with Gasteiger partial charge in [0.05, 0.1) is 0 Å². The molecule has 0 fully saturated rings. The van der Waals surface area contributed by atoms with Crippen molar-refractivity contribution in [2.45, 2.75) is 25.2 Å². The van der Waals surface area contributed by atoms with Crippen molar-refractivity contribution < 1.29 is 20.4 Å². The summed E-state index contributed by atoms with van der Waals surface area (Å²) in [6.07, 6.45) is 0. The molecule has 1 aliphatic rings. The summed E-state index contributed by atoms with van der Waals surface area (Å²) in [6.45, 7) is 7.45. The SMILES string of the molecule is C[Si](C)(C)C1c2ccccc2-c2ccc[c]([Ti])c21. The van der Waals surface area contributed by atoms with Gasteiger partial charge >= 0.3 is 122 Å². The topological polar surface area (TPSA) is 0 Å². The van der Waals surface area contributed by atoms with Crippen LogP contribution in [0.1, 0.15) is 16.7 Å². The standard InChI is InChI=1S/C16H17Si.Ti/c1-17(2,3)16-14-10-6-4-8-12(14)13-9-5-7-11-15(13)16;/h4-10,16H,1-3H3;. The van der Waals surface area contributed by atoms with Crippen LogP contribution in [-0.4, -0.2) is 8.07 Å². The summed E-state index contributed by atoms with van der Waals surface area (Å²) >= 11 is 2.26. The summed E-state index contributed by atoms with van der Waals surface area (Å²) in [7, 11) is -1.26. The van der Waals surface area contributed by atoms with Gasteiger partial charge < -0.3 is 0 Å². The molecule has 1 atom stereocenters. The minimum absolute atomic E-state index is 0.657. The van der Waals surface area contributed by atoms with Crippen LogP contribution in [-0.2, 0) is 20.4 Å². The Morgan fingerprint density at radius 1 is 0.889 bits per heavy atom. The molecule has 0 saturated carbocycles. The van der Waals surface area contributed by atoms with Crippen LogP contribution in [0.3, 0.4) is 0 Å². The van der Waals surface area contributed by atoms with Crippen LogP contribution >= 0.6 is 0 Å². The van der Waals surface area contributed by atoms with Gasteiger partial charge in [0.25, 0.3) is 0 Å². The van der Waals surface area contributed by atoms with Gasteiger partial charge in [0.15, 0.2) is 0 Å². The molecule has 1 aliphatic carbocycles. The Labute approximate surface area is 122 Å². The molecule has 0 bridgehead atoms. The summed E-state index contributed by atoms with van der Waals surface area (Å²) in [5.74, 6) is 0. The third-order valence-corrected chi connectivity index (χ3v) is 6.84. The van der Waals surface area contributed by atoms with E-state index in [-0.39, 0.29) is 0 Å². The molecule has 2 aromatic carbocycles. The second-order valence-corrected chi connectivity index (χ2v) is 12.3. The predicted octanol–water partition coefficient (Wildman–Crippen LogP) is 3.85. The molecular weight excluding hydrogens is 268 g/mol. The Morgan fingerprint density at radius 3 is 2.28 bits per heavy atom. The Hall–Kier alpha value is -0.629. The number of hydrogen-bond acceptors (Lipinski definition) is 0. The monoisotopic (exact) mass is 285 g/mol. The van der Waals surface area contributed by atoms with Crippen molar-refractivity contribution in [1.82, 2.24) is 0 Å². The van der Waals surface area contributed by atoms with Crippen LogP contribution in [0.5, 0.6) is 0 Å². The molecule has 0 saturated heterocycles. The number of fused-ring (bicyclic) bond motifs is 3. The maximum atomic E-state index is 2.48. The average molecular weight is 285 g/mol. The minimum atomic E-state index is -1.26. The van der Waals surface area contributed by atoms with Crippen molar-refractivity contribution in [1.29, 1.82) is 0 Å². The quantitative estimate of drug-likeness (QED) is 0.698. The molecule has 0 heterocycles. The Kier molecular flexibility index (Phi) is 2.89. The number of rotatable bonds is 1. The fraction of sp³-hybridized carbons (Fsp3) is 0.250. The van der Waals surface area contributed by atoms with E-state index in [1.165, 1.54) is 15.0 Å². The van der Waals surface area contributed by atoms with Gasteiger partial charge in [-0.1, -0.05) is 0 Å². The van der Waals surface area contributed by atoms with Crippen LogP contribution < -0.4 is 3.87 Å². The van der Waals surface area contributed by atoms with E-state index in [9.17, 15) is 0 Å². The first-order chi connectivity index (χ1) is 8.50. The summed E-state index contributed by atoms with van der Waals surface area (Å²) < 4.78 is 1.45. The summed E-state index contributed by atoms with van der Waals surface area (Å²) in [4.78, 5) is 0. The van der Waals surface area contributed by atoms with Crippen molar-refractivity contribution >= 4 is 11.9 Å². The molecule has 89 valence electrons.